The van der Waals surface area contributed by atoms with Crippen molar-refractivity contribution in [2.75, 3.05) is 25.8 Å². The van der Waals surface area contributed by atoms with E-state index in [1.165, 1.54) is 37.3 Å². The number of nitrogens with zero attached hydrogens (tertiary/aromatic N) is 2. The highest BCUT2D eigenvalue weighted by Gasteiger charge is 2.19. The van der Waals surface area contributed by atoms with Gasteiger partial charge < -0.3 is 9.47 Å². The maximum absolute atomic E-state index is 12.3. The van der Waals surface area contributed by atoms with Gasteiger partial charge in [-0.15, -0.1) is 10.2 Å². The lowest BCUT2D eigenvalue weighted by atomic mass is 10.1. The molecule has 1 N–H and O–H groups in total. The Kier molecular flexibility index (Phi) is 4.80. The van der Waals surface area contributed by atoms with Gasteiger partial charge >= 0.3 is 0 Å². The minimum absolute atomic E-state index is 0.332. The summed E-state index contributed by atoms with van der Waals surface area (Å²) in [6, 6.07) is 5.15. The topological polar surface area (TPSA) is 73.3 Å². The van der Waals surface area contributed by atoms with Crippen LogP contribution in [0.3, 0.4) is 0 Å². The average Bonchev–Trinajstić information content (AvgIpc) is 2.93. The number of methoxy groups -OCH3 is 2. The second-order valence-corrected chi connectivity index (χ2v) is 5.60. The van der Waals surface area contributed by atoms with Crippen molar-refractivity contribution in [3.8, 4) is 11.5 Å². The van der Waals surface area contributed by atoms with Crippen LogP contribution in [0.1, 0.15) is 10.4 Å². The van der Waals surface area contributed by atoms with E-state index < -0.39 is 0 Å². The number of carbonyl (C=O) groups excluding carboxylic acids is 1. The average molecular weight is 311 g/mol. The molecule has 1 aromatic carbocycles. The van der Waals surface area contributed by atoms with Crippen molar-refractivity contribution in [3.63, 3.8) is 0 Å². The van der Waals surface area contributed by atoms with E-state index in [1.54, 1.807) is 18.2 Å². The monoisotopic (exact) mass is 311 g/mol. The van der Waals surface area contributed by atoms with Crippen molar-refractivity contribution < 1.29 is 14.3 Å². The lowest BCUT2D eigenvalue weighted by molar-refractivity contribution is 0.102. The van der Waals surface area contributed by atoms with Crippen molar-refractivity contribution >= 4 is 34.1 Å². The summed E-state index contributed by atoms with van der Waals surface area (Å²) in [7, 11) is 3.00. The molecule has 106 valence electrons. The molecule has 0 bridgehead atoms. The molecule has 1 amide bonds. The third-order valence-corrected chi connectivity index (χ3v) is 4.27. The van der Waals surface area contributed by atoms with Crippen LogP contribution in [0.25, 0.3) is 0 Å². The minimum Gasteiger partial charge on any atom is -0.496 e. The second kappa shape index (κ2) is 6.58. The van der Waals surface area contributed by atoms with Crippen molar-refractivity contribution in [1.29, 1.82) is 0 Å². The number of aromatic nitrogens is 2. The Morgan fingerprint density at radius 1 is 1.25 bits per heavy atom. The number of carbonyl (C=O) groups is 1. The highest BCUT2D eigenvalue weighted by molar-refractivity contribution is 8.00. The fourth-order valence-corrected chi connectivity index (χ4v) is 2.74. The molecule has 0 saturated heterocycles. The van der Waals surface area contributed by atoms with Crippen molar-refractivity contribution in [2.45, 2.75) is 4.34 Å². The minimum atomic E-state index is -0.344. The van der Waals surface area contributed by atoms with E-state index in [2.05, 4.69) is 15.5 Å². The summed E-state index contributed by atoms with van der Waals surface area (Å²) in [6.07, 6.45) is 1.90. The van der Waals surface area contributed by atoms with E-state index in [9.17, 15) is 4.79 Å². The third-order valence-electron chi connectivity index (χ3n) is 2.46. The standard InChI is InChI=1S/C12H13N3O3S2/c1-17-7-5-4-6-8(18-2)9(7)10(16)13-11-14-15-12(19-3)20-11/h4-6H,1-3H3,(H,13,14,16). The Bertz CT molecular complexity index is 593. The van der Waals surface area contributed by atoms with Crippen LogP contribution >= 0.6 is 23.1 Å². The number of rotatable bonds is 5. The van der Waals surface area contributed by atoms with Crippen molar-refractivity contribution in [2.24, 2.45) is 0 Å². The van der Waals surface area contributed by atoms with Gasteiger partial charge in [-0.25, -0.2) is 0 Å². The summed E-state index contributed by atoms with van der Waals surface area (Å²) in [5.41, 5.74) is 0.332. The lowest BCUT2D eigenvalue weighted by Crippen LogP contribution is -2.14. The molecule has 0 aliphatic carbocycles. The van der Waals surface area contributed by atoms with E-state index >= 15 is 0 Å². The maximum Gasteiger partial charge on any atom is 0.265 e. The number of benzene rings is 1. The Morgan fingerprint density at radius 2 is 1.90 bits per heavy atom. The molecule has 0 atom stereocenters. The van der Waals surface area contributed by atoms with Gasteiger partial charge in [0, 0.05) is 0 Å². The molecule has 8 heteroatoms. The molecule has 1 heterocycles. The number of thioether (sulfide) groups is 1. The SMILES string of the molecule is COc1cccc(OC)c1C(=O)Nc1nnc(SC)s1. The molecule has 0 aliphatic rings. The quantitative estimate of drug-likeness (QED) is 0.675. The second-order valence-electron chi connectivity index (χ2n) is 3.57. The molecule has 6 nitrogen and oxygen atoms in total. The van der Waals surface area contributed by atoms with Gasteiger partial charge in [-0.1, -0.05) is 29.2 Å². The van der Waals surface area contributed by atoms with Gasteiger partial charge in [-0.05, 0) is 18.4 Å². The smallest absolute Gasteiger partial charge is 0.265 e. The van der Waals surface area contributed by atoms with Gasteiger partial charge in [0.05, 0.1) is 14.2 Å². The summed E-state index contributed by atoms with van der Waals surface area (Å²) in [6.45, 7) is 0. The van der Waals surface area contributed by atoms with E-state index in [1.807, 2.05) is 6.26 Å². The van der Waals surface area contributed by atoms with Crippen molar-refractivity contribution in [3.05, 3.63) is 23.8 Å². The number of anilines is 1. The molecular weight excluding hydrogens is 298 g/mol. The fraction of sp³-hybridized carbons (Fsp3) is 0.250. The van der Waals surface area contributed by atoms with Crippen LogP contribution in [0.4, 0.5) is 5.13 Å². The van der Waals surface area contributed by atoms with E-state index in [0.29, 0.717) is 22.2 Å². The Balaban J connectivity index is 2.28. The van der Waals surface area contributed by atoms with Crippen LogP contribution in [-0.2, 0) is 0 Å². The zero-order valence-corrected chi connectivity index (χ0v) is 12.8. The van der Waals surface area contributed by atoms with Gasteiger partial charge in [0.15, 0.2) is 4.34 Å². The van der Waals surface area contributed by atoms with Gasteiger partial charge in [0.1, 0.15) is 17.1 Å². The van der Waals surface area contributed by atoms with Crippen LogP contribution in [-0.4, -0.2) is 36.6 Å². The Hall–Kier alpha value is -1.80. The zero-order chi connectivity index (χ0) is 14.5. The van der Waals surface area contributed by atoms with Gasteiger partial charge in [-0.3, -0.25) is 10.1 Å². The first-order valence-corrected chi connectivity index (χ1v) is 7.63. The zero-order valence-electron chi connectivity index (χ0n) is 11.2. The Labute approximate surface area is 124 Å². The number of nitrogens with one attached hydrogen (secondary N) is 1. The van der Waals surface area contributed by atoms with Gasteiger partial charge in [0.2, 0.25) is 5.13 Å². The van der Waals surface area contributed by atoms with E-state index in [0.717, 1.165) is 4.34 Å². The first-order chi connectivity index (χ1) is 9.69. The van der Waals surface area contributed by atoms with Crippen molar-refractivity contribution in [1.82, 2.24) is 10.2 Å². The first kappa shape index (κ1) is 14.6. The molecule has 2 aromatic rings. The molecule has 20 heavy (non-hydrogen) atoms. The van der Waals surface area contributed by atoms with Crippen LogP contribution in [0.15, 0.2) is 22.5 Å². The summed E-state index contributed by atoms with van der Waals surface area (Å²) < 4.78 is 11.2. The molecule has 0 radical (unpaired) electrons. The molecule has 0 spiro atoms. The number of amides is 1. The predicted octanol–water partition coefficient (Wildman–Crippen LogP) is 2.53. The van der Waals surface area contributed by atoms with Crippen LogP contribution < -0.4 is 14.8 Å². The van der Waals surface area contributed by atoms with Gasteiger partial charge in [-0.2, -0.15) is 0 Å². The summed E-state index contributed by atoms with van der Waals surface area (Å²) in [5, 5.41) is 11.0. The number of hydrogen-bond donors (Lipinski definition) is 1. The maximum atomic E-state index is 12.3. The molecule has 0 unspecified atom stereocenters. The Morgan fingerprint density at radius 3 is 2.40 bits per heavy atom. The van der Waals surface area contributed by atoms with E-state index in [4.69, 9.17) is 9.47 Å². The van der Waals surface area contributed by atoms with Crippen LogP contribution in [0, 0.1) is 0 Å². The summed E-state index contributed by atoms with van der Waals surface area (Å²) >= 11 is 2.78. The van der Waals surface area contributed by atoms with Crippen LogP contribution in [0.2, 0.25) is 0 Å². The predicted molar refractivity (Wildman–Crippen MR) is 79.2 cm³/mol. The highest BCUT2D eigenvalue weighted by atomic mass is 32.2. The summed E-state index contributed by atoms with van der Waals surface area (Å²) in [5.74, 6) is 0.538. The van der Waals surface area contributed by atoms with Crippen LogP contribution in [0.5, 0.6) is 11.5 Å². The molecule has 0 aliphatic heterocycles. The first-order valence-electron chi connectivity index (χ1n) is 5.59. The molecule has 2 rings (SSSR count). The highest BCUT2D eigenvalue weighted by Crippen LogP contribution is 2.30. The molecular formula is C12H13N3O3S2. The number of hydrogen-bond acceptors (Lipinski definition) is 7. The third kappa shape index (κ3) is 3.02. The molecule has 0 fully saturated rings. The van der Waals surface area contributed by atoms with Gasteiger partial charge in [0.25, 0.3) is 5.91 Å². The number of ether oxygens (including phenoxy) is 2. The summed E-state index contributed by atoms with van der Waals surface area (Å²) in [4.78, 5) is 12.3. The molecule has 1 aromatic heterocycles. The largest absolute Gasteiger partial charge is 0.496 e. The van der Waals surface area contributed by atoms with E-state index in [-0.39, 0.29) is 5.91 Å². The lowest BCUT2D eigenvalue weighted by Gasteiger charge is -2.11. The normalized spacial score (nSPS) is 10.2. The molecule has 0 saturated carbocycles. The fourth-order valence-electron chi connectivity index (χ4n) is 1.58.